The number of fused-ring (bicyclic) bond motifs is 3. The van der Waals surface area contributed by atoms with E-state index < -0.39 is 21.3 Å². The number of allylic oxidation sites excluding steroid dienone is 4. The van der Waals surface area contributed by atoms with Crippen LogP contribution in [0, 0.1) is 0 Å². The molecule has 0 aromatic heterocycles. The maximum atomic E-state index is 2.55. The zero-order valence-electron chi connectivity index (χ0n) is 22.3. The van der Waals surface area contributed by atoms with E-state index in [2.05, 4.69) is 96.2 Å². The summed E-state index contributed by atoms with van der Waals surface area (Å²) in [4.78, 5) is 0. The van der Waals surface area contributed by atoms with Crippen LogP contribution in [0.5, 0.6) is 0 Å². The predicted octanol–water partition coefficient (Wildman–Crippen LogP) is 2.96. The van der Waals surface area contributed by atoms with Crippen LogP contribution < -0.4 is 24.8 Å². The summed E-state index contributed by atoms with van der Waals surface area (Å²) in [5.41, 5.74) is 9.63. The van der Waals surface area contributed by atoms with Crippen molar-refractivity contribution in [2.75, 3.05) is 0 Å². The molecule has 0 bridgehead atoms. The van der Waals surface area contributed by atoms with E-state index in [0.717, 1.165) is 0 Å². The smallest absolute Gasteiger partial charge is 1.00 e. The molecule has 186 valence electrons. The monoisotopic (exact) mass is 584 g/mol. The second-order valence-electron chi connectivity index (χ2n) is 12.4. The molecule has 2 aromatic carbocycles. The van der Waals surface area contributed by atoms with Gasteiger partial charge >= 0.3 is 210 Å². The molecule has 1 saturated carbocycles. The maximum Gasteiger partial charge on any atom is -1.00 e. The van der Waals surface area contributed by atoms with Gasteiger partial charge in [0.15, 0.2) is 0 Å². The first-order valence-corrected chi connectivity index (χ1v) is 16.9. The molecule has 0 aliphatic heterocycles. The number of halogens is 2. The molecule has 3 aliphatic carbocycles. The first-order chi connectivity index (χ1) is 15.6. The van der Waals surface area contributed by atoms with Gasteiger partial charge in [-0.1, -0.05) is 0 Å². The van der Waals surface area contributed by atoms with Crippen molar-refractivity contribution < 1.29 is 46.1 Å². The van der Waals surface area contributed by atoms with Crippen LogP contribution in [-0.2, 0) is 32.1 Å². The summed E-state index contributed by atoms with van der Waals surface area (Å²) >= 11 is -2.06. The number of hydrogen-bond acceptors (Lipinski definition) is 0. The van der Waals surface area contributed by atoms with Crippen LogP contribution in [0.1, 0.15) is 106 Å². The van der Waals surface area contributed by atoms with Crippen molar-refractivity contribution in [2.45, 2.75) is 94.5 Å². The van der Waals surface area contributed by atoms with Crippen LogP contribution in [0.4, 0.5) is 0 Å². The summed E-state index contributed by atoms with van der Waals surface area (Å²) in [6.45, 7) is 14.1. The largest absolute Gasteiger partial charge is 1.00 e. The fourth-order valence-corrected chi connectivity index (χ4v) is 15.5. The van der Waals surface area contributed by atoms with Crippen LogP contribution in [-0.4, -0.2) is 3.21 Å². The van der Waals surface area contributed by atoms with Gasteiger partial charge in [-0.2, -0.15) is 0 Å². The van der Waals surface area contributed by atoms with E-state index in [1.807, 2.05) is 6.49 Å². The average Bonchev–Trinajstić information content (AvgIpc) is 3.40. The molecule has 0 atom stereocenters. The summed E-state index contributed by atoms with van der Waals surface area (Å²) < 4.78 is 4.49. The van der Waals surface area contributed by atoms with E-state index in [1.54, 1.807) is 11.1 Å². The third-order valence-corrected chi connectivity index (χ3v) is 16.7. The van der Waals surface area contributed by atoms with Gasteiger partial charge in [-0.25, -0.2) is 0 Å². The molecule has 0 radical (unpaired) electrons. The summed E-state index contributed by atoms with van der Waals surface area (Å²) in [6, 6.07) is 15.0. The minimum Gasteiger partial charge on any atom is -1.00 e. The first-order valence-electron chi connectivity index (χ1n) is 13.0. The third kappa shape index (κ3) is 5.59. The summed E-state index contributed by atoms with van der Waals surface area (Å²) in [7, 11) is 0. The molecule has 5 rings (SSSR count). The van der Waals surface area contributed by atoms with Gasteiger partial charge in [-0.3, -0.25) is 0 Å². The van der Waals surface area contributed by atoms with Crippen LogP contribution in [0.25, 0.3) is 11.1 Å². The SMILES string of the molecule is CC(C)(C)c1ccc2c(c1)-c1cc(C(C)(C)C)ccc1[CH]2[Zr+2]([C]1=CC=CC1)=[C]1CCCCC1.[Cl-].[Cl-]. The molecule has 0 nitrogen and oxygen atoms in total. The van der Waals surface area contributed by atoms with Gasteiger partial charge in [-0.15, -0.1) is 0 Å². The second-order valence-corrected chi connectivity index (χ2v) is 19.2. The van der Waals surface area contributed by atoms with Crippen LogP contribution in [0.2, 0.25) is 0 Å². The molecule has 35 heavy (non-hydrogen) atoms. The van der Waals surface area contributed by atoms with Gasteiger partial charge in [0.1, 0.15) is 0 Å². The molecule has 0 N–H and O–H groups in total. The van der Waals surface area contributed by atoms with E-state index in [-0.39, 0.29) is 35.6 Å². The Morgan fingerprint density at radius 3 is 1.66 bits per heavy atom. The Hall–Kier alpha value is -0.747. The van der Waals surface area contributed by atoms with E-state index in [9.17, 15) is 0 Å². The Balaban J connectivity index is 0.00000171. The summed E-state index contributed by atoms with van der Waals surface area (Å²) in [5.74, 6) is 0. The van der Waals surface area contributed by atoms with Gasteiger partial charge in [0.05, 0.1) is 0 Å². The van der Waals surface area contributed by atoms with E-state index >= 15 is 0 Å². The Morgan fingerprint density at radius 2 is 1.23 bits per heavy atom. The van der Waals surface area contributed by atoms with Crippen molar-refractivity contribution in [1.82, 2.24) is 0 Å². The fourth-order valence-electron chi connectivity index (χ4n) is 6.01. The zero-order chi connectivity index (χ0) is 23.4. The van der Waals surface area contributed by atoms with Gasteiger partial charge < -0.3 is 24.8 Å². The quantitative estimate of drug-likeness (QED) is 0.508. The number of benzene rings is 2. The molecule has 0 amide bonds. The molecule has 0 unspecified atom stereocenters. The van der Waals surface area contributed by atoms with E-state index in [4.69, 9.17) is 0 Å². The van der Waals surface area contributed by atoms with Gasteiger partial charge in [0.2, 0.25) is 0 Å². The van der Waals surface area contributed by atoms with Crippen molar-refractivity contribution in [2.24, 2.45) is 0 Å². The molecular formula is C32H40Cl2Zr. The van der Waals surface area contributed by atoms with Crippen molar-refractivity contribution in [3.8, 4) is 11.1 Å². The molecule has 0 spiro atoms. The molecule has 3 aliphatic rings. The van der Waals surface area contributed by atoms with Crippen molar-refractivity contribution in [3.05, 3.63) is 80.2 Å². The van der Waals surface area contributed by atoms with Gasteiger partial charge in [0, 0.05) is 0 Å². The van der Waals surface area contributed by atoms with Crippen molar-refractivity contribution >= 4 is 3.21 Å². The Bertz CT molecular complexity index is 1110. The Labute approximate surface area is 233 Å². The zero-order valence-corrected chi connectivity index (χ0v) is 26.2. The average molecular weight is 587 g/mol. The van der Waals surface area contributed by atoms with Crippen molar-refractivity contribution in [3.63, 3.8) is 0 Å². The standard InChI is InChI=1S/C21H25.C6H10.C5H5.2ClH.Zr/c1-20(2,3)16-9-7-14-11-15-8-10-17(21(4,5)6)13-19(15)18(14)12-16;1-2-4-6-5-3-1;1-2-4-5-3-1;;;/h7-13H,1-6H3;1-5H2;1-3H,4H2;2*1H;/q;;;;;+2/p-2. The number of rotatable bonds is 2. The summed E-state index contributed by atoms with van der Waals surface area (Å²) in [6.07, 6.45) is 15.5. The second kappa shape index (κ2) is 10.9. The molecule has 1 fully saturated rings. The van der Waals surface area contributed by atoms with Crippen LogP contribution in [0.3, 0.4) is 0 Å². The topological polar surface area (TPSA) is 0 Å². The van der Waals surface area contributed by atoms with Crippen molar-refractivity contribution in [1.29, 1.82) is 0 Å². The molecule has 0 heterocycles. The van der Waals surface area contributed by atoms with E-state index in [1.165, 1.54) is 60.8 Å². The van der Waals surface area contributed by atoms with Gasteiger partial charge in [0.25, 0.3) is 0 Å². The number of hydrogen-bond donors (Lipinski definition) is 0. The van der Waals surface area contributed by atoms with Gasteiger partial charge in [-0.05, 0) is 0 Å². The maximum absolute atomic E-state index is 2.55. The Morgan fingerprint density at radius 1 is 0.714 bits per heavy atom. The molecule has 2 aromatic rings. The minimum atomic E-state index is -2.06. The molecular weight excluding hydrogens is 546 g/mol. The predicted molar refractivity (Wildman–Crippen MR) is 141 cm³/mol. The molecule has 0 saturated heterocycles. The fraction of sp³-hybridized carbons (Fsp3) is 0.469. The minimum absolute atomic E-state index is 0. The Kier molecular flexibility index (Phi) is 9.00. The van der Waals surface area contributed by atoms with Crippen LogP contribution in [0.15, 0.2) is 57.9 Å². The normalized spacial score (nSPS) is 17.1. The first kappa shape index (κ1) is 28.8. The third-order valence-electron chi connectivity index (χ3n) is 7.99. The van der Waals surface area contributed by atoms with Crippen LogP contribution >= 0.6 is 0 Å². The summed E-state index contributed by atoms with van der Waals surface area (Å²) in [5, 5.41) is 0. The van der Waals surface area contributed by atoms with E-state index in [0.29, 0.717) is 3.63 Å². The molecule has 3 heteroatoms.